The van der Waals surface area contributed by atoms with Crippen molar-refractivity contribution >= 4 is 9.84 Å². The van der Waals surface area contributed by atoms with E-state index in [1.165, 1.54) is 0 Å². The van der Waals surface area contributed by atoms with E-state index >= 15 is 0 Å². The molecule has 0 atom stereocenters. The van der Waals surface area contributed by atoms with E-state index in [9.17, 15) is 8.42 Å². The summed E-state index contributed by atoms with van der Waals surface area (Å²) in [4.78, 5) is 2.10. The van der Waals surface area contributed by atoms with Crippen LogP contribution in [0.25, 0.3) is 0 Å². The fraction of sp³-hybridized carbons (Fsp3) is 1.00. The third kappa shape index (κ3) is 7.19. The van der Waals surface area contributed by atoms with Gasteiger partial charge in [0.05, 0.1) is 5.75 Å². The van der Waals surface area contributed by atoms with Gasteiger partial charge in [-0.25, -0.2) is 8.42 Å². The number of hydrogen-bond acceptors (Lipinski definition) is 4. The van der Waals surface area contributed by atoms with Crippen molar-refractivity contribution in [3.8, 4) is 0 Å². The lowest BCUT2D eigenvalue weighted by molar-refractivity contribution is 0.200. The van der Waals surface area contributed by atoms with E-state index in [1.54, 1.807) is 0 Å². The molecule has 5 heteroatoms. The molecule has 0 heterocycles. The van der Waals surface area contributed by atoms with Crippen LogP contribution in [0.3, 0.4) is 0 Å². The summed E-state index contributed by atoms with van der Waals surface area (Å²) in [7, 11) is -2.89. The van der Waals surface area contributed by atoms with Crippen LogP contribution in [0, 0.1) is 0 Å². The van der Waals surface area contributed by atoms with Crippen LogP contribution >= 0.6 is 0 Å². The Bertz CT molecular complexity index is 262. The van der Waals surface area contributed by atoms with E-state index in [2.05, 4.69) is 4.90 Å². The highest BCUT2D eigenvalue weighted by molar-refractivity contribution is 7.91. The average molecular weight is 251 g/mol. The summed E-state index contributed by atoms with van der Waals surface area (Å²) in [5.74, 6) is 0.503. The molecule has 0 aliphatic heterocycles. The predicted octanol–water partition coefficient (Wildman–Crippen LogP) is 0.904. The van der Waals surface area contributed by atoms with Crippen molar-refractivity contribution < 1.29 is 13.5 Å². The Morgan fingerprint density at radius 3 is 2.25 bits per heavy atom. The lowest BCUT2D eigenvalue weighted by Gasteiger charge is -2.25. The van der Waals surface area contributed by atoms with Crippen LogP contribution in [0.2, 0.25) is 0 Å². The van der Waals surface area contributed by atoms with Gasteiger partial charge in [-0.3, -0.25) is 4.90 Å². The first-order chi connectivity index (χ1) is 7.43. The summed E-state index contributed by atoms with van der Waals surface area (Å²) in [5.41, 5.74) is 0. The van der Waals surface area contributed by atoms with Crippen LogP contribution in [-0.2, 0) is 9.84 Å². The zero-order valence-corrected chi connectivity index (χ0v) is 11.5. The van der Waals surface area contributed by atoms with Crippen LogP contribution < -0.4 is 0 Å². The lowest BCUT2D eigenvalue weighted by atomic mass is 10.3. The number of rotatable bonds is 9. The topological polar surface area (TPSA) is 57.6 Å². The first kappa shape index (κ1) is 15.9. The maximum absolute atomic E-state index is 11.6. The van der Waals surface area contributed by atoms with Crippen molar-refractivity contribution in [3.63, 3.8) is 0 Å². The number of sulfone groups is 1. The maximum Gasteiger partial charge on any atom is 0.151 e. The maximum atomic E-state index is 11.6. The van der Waals surface area contributed by atoms with Crippen molar-refractivity contribution in [2.75, 3.05) is 31.2 Å². The van der Waals surface area contributed by atoms with Gasteiger partial charge in [0.1, 0.15) is 0 Å². The van der Waals surface area contributed by atoms with E-state index in [-0.39, 0.29) is 18.1 Å². The molecule has 0 aromatic carbocycles. The molecular weight excluding hydrogens is 226 g/mol. The molecule has 0 saturated carbocycles. The standard InChI is InChI=1S/C11H25NO3S/c1-4-9-16(14,15)10-7-12(11(2)3)6-5-8-13/h11,13H,4-10H2,1-3H3. The van der Waals surface area contributed by atoms with Crippen molar-refractivity contribution in [2.45, 2.75) is 39.7 Å². The van der Waals surface area contributed by atoms with E-state index in [4.69, 9.17) is 5.11 Å². The van der Waals surface area contributed by atoms with Gasteiger partial charge >= 0.3 is 0 Å². The highest BCUT2D eigenvalue weighted by Crippen LogP contribution is 2.02. The lowest BCUT2D eigenvalue weighted by Crippen LogP contribution is -2.36. The second-order valence-corrected chi connectivity index (χ2v) is 6.66. The van der Waals surface area contributed by atoms with Crippen molar-refractivity contribution in [1.29, 1.82) is 0 Å². The normalized spacial score (nSPS) is 12.6. The van der Waals surface area contributed by atoms with Crippen molar-refractivity contribution in [2.24, 2.45) is 0 Å². The highest BCUT2D eigenvalue weighted by atomic mass is 32.2. The van der Waals surface area contributed by atoms with Crippen LogP contribution in [0.5, 0.6) is 0 Å². The van der Waals surface area contributed by atoms with Gasteiger partial charge in [0, 0.05) is 31.5 Å². The minimum absolute atomic E-state index is 0.158. The molecule has 0 aliphatic carbocycles. The summed E-state index contributed by atoms with van der Waals surface area (Å²) in [6, 6.07) is 0.323. The Morgan fingerprint density at radius 2 is 1.81 bits per heavy atom. The second kappa shape index (κ2) is 8.03. The monoisotopic (exact) mass is 251 g/mol. The Morgan fingerprint density at radius 1 is 1.19 bits per heavy atom. The molecule has 16 heavy (non-hydrogen) atoms. The zero-order valence-electron chi connectivity index (χ0n) is 10.6. The summed E-state index contributed by atoms with van der Waals surface area (Å²) in [6.07, 6.45) is 1.38. The van der Waals surface area contributed by atoms with E-state index in [0.717, 1.165) is 6.54 Å². The van der Waals surface area contributed by atoms with Crippen LogP contribution in [-0.4, -0.2) is 55.7 Å². The Balaban J connectivity index is 4.11. The Labute approximate surface area is 99.6 Å². The van der Waals surface area contributed by atoms with E-state index < -0.39 is 9.84 Å². The number of aliphatic hydroxyl groups is 1. The third-order valence-electron chi connectivity index (χ3n) is 2.54. The van der Waals surface area contributed by atoms with Crippen LogP contribution in [0.4, 0.5) is 0 Å². The quantitative estimate of drug-likeness (QED) is 0.661. The van der Waals surface area contributed by atoms with E-state index in [0.29, 0.717) is 25.4 Å². The molecule has 1 N–H and O–H groups in total. The van der Waals surface area contributed by atoms with Gasteiger partial charge in [-0.2, -0.15) is 0 Å². The molecule has 98 valence electrons. The molecule has 0 unspecified atom stereocenters. The zero-order chi connectivity index (χ0) is 12.6. The predicted molar refractivity (Wildman–Crippen MR) is 67.4 cm³/mol. The van der Waals surface area contributed by atoms with Crippen LogP contribution in [0.1, 0.15) is 33.6 Å². The number of aliphatic hydroxyl groups excluding tert-OH is 1. The molecule has 4 nitrogen and oxygen atoms in total. The molecule has 0 fully saturated rings. The molecule has 0 rings (SSSR count). The fourth-order valence-electron chi connectivity index (χ4n) is 1.57. The third-order valence-corrected chi connectivity index (χ3v) is 4.37. The van der Waals surface area contributed by atoms with Crippen LogP contribution in [0.15, 0.2) is 0 Å². The first-order valence-electron chi connectivity index (χ1n) is 5.98. The summed E-state index contributed by atoms with van der Waals surface area (Å²) >= 11 is 0. The van der Waals surface area contributed by atoms with Gasteiger partial charge in [-0.05, 0) is 26.7 Å². The highest BCUT2D eigenvalue weighted by Gasteiger charge is 2.14. The molecule has 0 spiro atoms. The fourth-order valence-corrected chi connectivity index (χ4v) is 2.91. The molecular formula is C11H25NO3S. The number of nitrogens with zero attached hydrogens (tertiary/aromatic N) is 1. The first-order valence-corrected chi connectivity index (χ1v) is 7.80. The molecule has 0 aromatic rings. The molecule has 0 aliphatic rings. The van der Waals surface area contributed by atoms with Gasteiger partial charge < -0.3 is 5.11 Å². The van der Waals surface area contributed by atoms with Gasteiger partial charge in [0.25, 0.3) is 0 Å². The minimum atomic E-state index is -2.89. The van der Waals surface area contributed by atoms with Gasteiger partial charge in [-0.15, -0.1) is 0 Å². The molecule has 0 bridgehead atoms. The average Bonchev–Trinajstić information content (AvgIpc) is 2.17. The van der Waals surface area contributed by atoms with Crippen molar-refractivity contribution in [3.05, 3.63) is 0 Å². The number of hydrogen-bond donors (Lipinski definition) is 1. The molecule has 0 saturated heterocycles. The SMILES string of the molecule is CCCS(=O)(=O)CCN(CCCO)C(C)C. The van der Waals surface area contributed by atoms with Gasteiger partial charge in [-0.1, -0.05) is 6.92 Å². The molecule has 0 radical (unpaired) electrons. The minimum Gasteiger partial charge on any atom is -0.396 e. The van der Waals surface area contributed by atoms with Gasteiger partial charge in [0.15, 0.2) is 9.84 Å². The molecule has 0 aromatic heterocycles. The van der Waals surface area contributed by atoms with Crippen molar-refractivity contribution in [1.82, 2.24) is 4.90 Å². The summed E-state index contributed by atoms with van der Waals surface area (Å²) < 4.78 is 23.1. The van der Waals surface area contributed by atoms with E-state index in [1.807, 2.05) is 20.8 Å². The largest absolute Gasteiger partial charge is 0.396 e. The summed E-state index contributed by atoms with van der Waals surface area (Å²) in [5, 5.41) is 8.76. The smallest absolute Gasteiger partial charge is 0.151 e. The van der Waals surface area contributed by atoms with Gasteiger partial charge in [0.2, 0.25) is 0 Å². The second-order valence-electron chi connectivity index (χ2n) is 4.36. The summed E-state index contributed by atoms with van der Waals surface area (Å²) in [6.45, 7) is 7.46. The Hall–Kier alpha value is -0.130. The Kier molecular flexibility index (Phi) is 7.97. The molecule has 0 amide bonds.